The SMILES string of the molecule is CC(C(=O)O)c1ccc(CN2CCCCCCC2=O)cc1. The second-order valence-corrected chi connectivity index (χ2v) is 5.78. The van der Waals surface area contributed by atoms with E-state index in [4.69, 9.17) is 5.11 Å². The maximum Gasteiger partial charge on any atom is 0.310 e. The summed E-state index contributed by atoms with van der Waals surface area (Å²) in [5.74, 6) is -1.08. The molecule has 0 aliphatic carbocycles. The Morgan fingerprint density at radius 3 is 2.52 bits per heavy atom. The van der Waals surface area contributed by atoms with E-state index in [9.17, 15) is 9.59 Å². The Bertz CT molecular complexity index is 495. The number of amides is 1. The molecule has 0 radical (unpaired) electrons. The fourth-order valence-electron chi connectivity index (χ4n) is 2.66. The summed E-state index contributed by atoms with van der Waals surface area (Å²) in [6.45, 7) is 3.13. The van der Waals surface area contributed by atoms with Crippen molar-refractivity contribution in [2.24, 2.45) is 0 Å². The van der Waals surface area contributed by atoms with E-state index in [0.29, 0.717) is 13.0 Å². The van der Waals surface area contributed by atoms with Gasteiger partial charge in [0.15, 0.2) is 0 Å². The minimum Gasteiger partial charge on any atom is -0.481 e. The Kier molecular flexibility index (Phi) is 5.37. The fraction of sp³-hybridized carbons (Fsp3) is 0.529. The number of carbonyl (C=O) groups is 2. The summed E-state index contributed by atoms with van der Waals surface area (Å²) in [5, 5.41) is 9.01. The number of likely N-dealkylation sites (tertiary alicyclic amines) is 1. The lowest BCUT2D eigenvalue weighted by Crippen LogP contribution is -2.32. The number of nitrogens with zero attached hydrogens (tertiary/aromatic N) is 1. The van der Waals surface area contributed by atoms with Crippen LogP contribution in [0.25, 0.3) is 0 Å². The molecule has 1 saturated heterocycles. The van der Waals surface area contributed by atoms with Gasteiger partial charge < -0.3 is 10.0 Å². The van der Waals surface area contributed by atoms with Gasteiger partial charge in [-0.15, -0.1) is 0 Å². The van der Waals surface area contributed by atoms with E-state index in [0.717, 1.165) is 36.9 Å². The van der Waals surface area contributed by atoms with Crippen LogP contribution < -0.4 is 0 Å². The smallest absolute Gasteiger partial charge is 0.310 e. The molecule has 0 bridgehead atoms. The van der Waals surface area contributed by atoms with Crippen LogP contribution in [0.15, 0.2) is 24.3 Å². The van der Waals surface area contributed by atoms with E-state index in [1.54, 1.807) is 6.92 Å². The van der Waals surface area contributed by atoms with Crippen molar-refractivity contribution < 1.29 is 14.7 Å². The van der Waals surface area contributed by atoms with Gasteiger partial charge >= 0.3 is 5.97 Å². The van der Waals surface area contributed by atoms with Crippen LogP contribution in [0.2, 0.25) is 0 Å². The van der Waals surface area contributed by atoms with Gasteiger partial charge in [-0.25, -0.2) is 0 Å². The second kappa shape index (κ2) is 7.25. The molecular weight excluding hydrogens is 266 g/mol. The Morgan fingerprint density at radius 2 is 1.86 bits per heavy atom. The van der Waals surface area contributed by atoms with E-state index >= 15 is 0 Å². The summed E-state index contributed by atoms with van der Waals surface area (Å²) in [7, 11) is 0. The second-order valence-electron chi connectivity index (χ2n) is 5.78. The van der Waals surface area contributed by atoms with E-state index in [2.05, 4.69) is 0 Å². The third-order valence-corrected chi connectivity index (χ3v) is 4.14. The zero-order chi connectivity index (χ0) is 15.2. The lowest BCUT2D eigenvalue weighted by molar-refractivity contribution is -0.138. The molecule has 0 aromatic heterocycles. The van der Waals surface area contributed by atoms with Gasteiger partial charge in [-0.3, -0.25) is 9.59 Å². The highest BCUT2D eigenvalue weighted by Crippen LogP contribution is 2.18. The van der Waals surface area contributed by atoms with Crippen LogP contribution in [-0.2, 0) is 16.1 Å². The molecule has 0 saturated carbocycles. The number of rotatable bonds is 4. The lowest BCUT2D eigenvalue weighted by Gasteiger charge is -2.25. The van der Waals surface area contributed by atoms with E-state index in [1.165, 1.54) is 6.42 Å². The van der Waals surface area contributed by atoms with Gasteiger partial charge in [0.1, 0.15) is 0 Å². The predicted molar refractivity (Wildman–Crippen MR) is 81.0 cm³/mol. The topological polar surface area (TPSA) is 57.6 Å². The maximum absolute atomic E-state index is 12.1. The molecule has 1 N–H and O–H groups in total. The number of aliphatic carboxylic acids is 1. The zero-order valence-electron chi connectivity index (χ0n) is 12.5. The van der Waals surface area contributed by atoms with Crippen LogP contribution in [0, 0.1) is 0 Å². The summed E-state index contributed by atoms with van der Waals surface area (Å²) in [6.07, 6.45) is 5.05. The molecule has 1 unspecified atom stereocenters. The third kappa shape index (κ3) is 4.31. The van der Waals surface area contributed by atoms with Crippen LogP contribution in [0.5, 0.6) is 0 Å². The molecule has 1 amide bonds. The lowest BCUT2D eigenvalue weighted by atomic mass is 10.00. The first-order valence-electron chi connectivity index (χ1n) is 7.67. The van der Waals surface area contributed by atoms with Crippen molar-refractivity contribution in [3.05, 3.63) is 35.4 Å². The standard InChI is InChI=1S/C17H23NO3/c1-13(17(20)21)15-9-7-14(8-10-15)12-18-11-5-3-2-4-6-16(18)19/h7-10,13H,2-6,11-12H2,1H3,(H,20,21). The number of hydrogen-bond donors (Lipinski definition) is 1. The highest BCUT2D eigenvalue weighted by Gasteiger charge is 2.17. The molecule has 2 rings (SSSR count). The Morgan fingerprint density at radius 1 is 1.19 bits per heavy atom. The molecule has 0 spiro atoms. The normalized spacial score (nSPS) is 18.0. The summed E-state index contributed by atoms with van der Waals surface area (Å²) >= 11 is 0. The highest BCUT2D eigenvalue weighted by molar-refractivity contribution is 5.76. The van der Waals surface area contributed by atoms with Gasteiger partial charge in [0.05, 0.1) is 5.92 Å². The van der Waals surface area contributed by atoms with Crippen molar-refractivity contribution >= 4 is 11.9 Å². The summed E-state index contributed by atoms with van der Waals surface area (Å²) in [5.41, 5.74) is 1.86. The predicted octanol–water partition coefficient (Wildman–Crippen LogP) is 3.17. The average molecular weight is 289 g/mol. The molecule has 1 aromatic rings. The van der Waals surface area contributed by atoms with E-state index < -0.39 is 11.9 Å². The molecular formula is C17H23NO3. The van der Waals surface area contributed by atoms with Crippen LogP contribution in [0.1, 0.15) is 56.1 Å². The van der Waals surface area contributed by atoms with Gasteiger partial charge in [0.2, 0.25) is 5.91 Å². The molecule has 4 nitrogen and oxygen atoms in total. The summed E-state index contributed by atoms with van der Waals surface area (Å²) in [4.78, 5) is 25.0. The van der Waals surface area contributed by atoms with E-state index in [-0.39, 0.29) is 5.91 Å². The highest BCUT2D eigenvalue weighted by atomic mass is 16.4. The van der Waals surface area contributed by atoms with Gasteiger partial charge in [0, 0.05) is 19.5 Å². The van der Waals surface area contributed by atoms with Gasteiger partial charge in [-0.1, -0.05) is 37.1 Å². The van der Waals surface area contributed by atoms with Gasteiger partial charge in [0.25, 0.3) is 0 Å². The van der Waals surface area contributed by atoms with Crippen molar-refractivity contribution in [2.75, 3.05) is 6.54 Å². The van der Waals surface area contributed by atoms with E-state index in [1.807, 2.05) is 29.2 Å². The minimum atomic E-state index is -0.818. The minimum absolute atomic E-state index is 0.234. The Hall–Kier alpha value is -1.84. The molecule has 1 aromatic carbocycles. The molecule has 114 valence electrons. The fourth-order valence-corrected chi connectivity index (χ4v) is 2.66. The first kappa shape index (κ1) is 15.5. The molecule has 1 atom stereocenters. The molecule has 1 fully saturated rings. The monoisotopic (exact) mass is 289 g/mol. The van der Waals surface area contributed by atoms with Crippen molar-refractivity contribution in [1.29, 1.82) is 0 Å². The first-order valence-corrected chi connectivity index (χ1v) is 7.67. The Balaban J connectivity index is 2.01. The maximum atomic E-state index is 12.1. The largest absolute Gasteiger partial charge is 0.481 e. The van der Waals surface area contributed by atoms with Crippen LogP contribution in [0.4, 0.5) is 0 Å². The summed E-state index contributed by atoms with van der Waals surface area (Å²) in [6, 6.07) is 7.56. The summed E-state index contributed by atoms with van der Waals surface area (Å²) < 4.78 is 0. The number of carboxylic acids is 1. The third-order valence-electron chi connectivity index (χ3n) is 4.14. The average Bonchev–Trinajstić information content (AvgIpc) is 2.47. The number of hydrogen-bond acceptors (Lipinski definition) is 2. The number of carbonyl (C=O) groups excluding carboxylic acids is 1. The van der Waals surface area contributed by atoms with Crippen molar-refractivity contribution in [3.63, 3.8) is 0 Å². The first-order chi connectivity index (χ1) is 10.1. The van der Waals surface area contributed by atoms with Gasteiger partial charge in [-0.05, 0) is 30.9 Å². The quantitative estimate of drug-likeness (QED) is 0.926. The zero-order valence-corrected chi connectivity index (χ0v) is 12.5. The van der Waals surface area contributed by atoms with Crippen LogP contribution in [0.3, 0.4) is 0 Å². The van der Waals surface area contributed by atoms with Crippen LogP contribution in [-0.4, -0.2) is 28.4 Å². The molecule has 1 aliphatic rings. The number of carboxylic acid groups (broad SMARTS) is 1. The number of benzene rings is 1. The van der Waals surface area contributed by atoms with Crippen molar-refractivity contribution in [1.82, 2.24) is 4.90 Å². The molecule has 21 heavy (non-hydrogen) atoms. The molecule has 1 heterocycles. The van der Waals surface area contributed by atoms with Crippen LogP contribution >= 0.6 is 0 Å². The Labute approximate surface area is 125 Å². The molecule has 4 heteroatoms. The van der Waals surface area contributed by atoms with Crippen molar-refractivity contribution in [2.45, 2.75) is 51.5 Å². The molecule has 1 aliphatic heterocycles. The van der Waals surface area contributed by atoms with Gasteiger partial charge in [-0.2, -0.15) is 0 Å². The van der Waals surface area contributed by atoms with Crippen molar-refractivity contribution in [3.8, 4) is 0 Å².